The number of methoxy groups -OCH3 is 1. The van der Waals surface area contributed by atoms with Crippen molar-refractivity contribution in [1.29, 1.82) is 0 Å². The van der Waals surface area contributed by atoms with Crippen LogP contribution < -0.4 is 15.0 Å². The third kappa shape index (κ3) is 4.50. The summed E-state index contributed by atoms with van der Waals surface area (Å²) in [6.07, 6.45) is 1.85. The van der Waals surface area contributed by atoms with E-state index in [2.05, 4.69) is 33.4 Å². The van der Waals surface area contributed by atoms with E-state index in [1.54, 1.807) is 14.0 Å². The Hall–Kier alpha value is -4.13. The van der Waals surface area contributed by atoms with Gasteiger partial charge in [-0.1, -0.05) is 30.3 Å². The van der Waals surface area contributed by atoms with E-state index in [1.807, 2.05) is 59.6 Å². The average Bonchev–Trinajstić information content (AvgIpc) is 2.89. The highest BCUT2D eigenvalue weighted by Crippen LogP contribution is 2.29. The number of hydrogen-bond donors (Lipinski definition) is 1. The number of piperazine rings is 1. The van der Waals surface area contributed by atoms with Crippen molar-refractivity contribution in [3.8, 4) is 16.9 Å². The molecule has 1 aliphatic heterocycles. The van der Waals surface area contributed by atoms with E-state index in [0.29, 0.717) is 5.95 Å². The number of benzene rings is 3. The minimum absolute atomic E-state index is 0. The molecule has 1 amide bonds. The van der Waals surface area contributed by atoms with Gasteiger partial charge in [0.05, 0.1) is 12.6 Å². The van der Waals surface area contributed by atoms with E-state index in [-0.39, 0.29) is 7.33 Å². The molecule has 0 saturated carbocycles. The lowest BCUT2D eigenvalue weighted by atomic mass is 10.0. The summed E-state index contributed by atoms with van der Waals surface area (Å²) < 4.78 is 5.28. The standard InChI is InChI=1S/C27H27N5O2.H2/c1-19(33)31-14-16-32(17-15-31)23-10-8-22(9-11-23)29-27-28-18-21-4-3-5-25(26(21)30-27)20-6-12-24(34-2)13-7-20;/h3-13,18H,14-17H2,1-2H3,(H,28,29,30);1H. The predicted molar refractivity (Wildman–Crippen MR) is 138 cm³/mol. The monoisotopic (exact) mass is 455 g/mol. The Morgan fingerprint density at radius 1 is 0.971 bits per heavy atom. The fourth-order valence-electron chi connectivity index (χ4n) is 4.28. The summed E-state index contributed by atoms with van der Waals surface area (Å²) >= 11 is 0. The van der Waals surface area contributed by atoms with E-state index >= 15 is 0 Å². The molecular weight excluding hydrogens is 426 g/mol. The van der Waals surface area contributed by atoms with E-state index in [1.165, 1.54) is 0 Å². The molecule has 3 aromatic carbocycles. The molecule has 0 spiro atoms. The van der Waals surface area contributed by atoms with E-state index in [0.717, 1.165) is 65.3 Å². The number of para-hydroxylation sites is 1. The molecule has 0 aliphatic carbocycles. The van der Waals surface area contributed by atoms with Crippen LogP contribution in [0.15, 0.2) is 72.9 Å². The second-order valence-corrected chi connectivity index (χ2v) is 8.33. The summed E-state index contributed by atoms with van der Waals surface area (Å²) in [4.78, 5) is 25.1. The van der Waals surface area contributed by atoms with Crippen LogP contribution in [0, 0.1) is 0 Å². The maximum Gasteiger partial charge on any atom is 0.227 e. The van der Waals surface area contributed by atoms with Crippen LogP contribution in [0.2, 0.25) is 0 Å². The van der Waals surface area contributed by atoms with Crippen molar-refractivity contribution < 1.29 is 11.0 Å². The quantitative estimate of drug-likeness (QED) is 0.459. The molecule has 0 radical (unpaired) electrons. The normalized spacial score (nSPS) is 13.7. The molecule has 2 heterocycles. The number of carbonyl (C=O) groups is 1. The number of rotatable bonds is 5. The Morgan fingerprint density at radius 2 is 1.71 bits per heavy atom. The Bertz CT molecular complexity index is 1300. The smallest absolute Gasteiger partial charge is 0.227 e. The molecule has 34 heavy (non-hydrogen) atoms. The molecule has 0 unspecified atom stereocenters. The van der Waals surface area contributed by atoms with Crippen LogP contribution >= 0.6 is 0 Å². The Labute approximate surface area is 200 Å². The molecule has 7 heteroatoms. The second-order valence-electron chi connectivity index (χ2n) is 8.33. The summed E-state index contributed by atoms with van der Waals surface area (Å²) in [5.41, 5.74) is 5.09. The molecule has 174 valence electrons. The van der Waals surface area contributed by atoms with E-state index in [9.17, 15) is 4.79 Å². The maximum absolute atomic E-state index is 11.6. The molecular formula is C27H29N5O2. The molecule has 7 nitrogen and oxygen atoms in total. The van der Waals surface area contributed by atoms with Crippen LogP contribution in [-0.4, -0.2) is 54.1 Å². The predicted octanol–water partition coefficient (Wildman–Crippen LogP) is 4.96. The van der Waals surface area contributed by atoms with Gasteiger partial charge in [-0.25, -0.2) is 9.97 Å². The van der Waals surface area contributed by atoms with E-state index in [4.69, 9.17) is 9.72 Å². The lowest BCUT2D eigenvalue weighted by molar-refractivity contribution is -0.129. The number of fused-ring (bicyclic) bond motifs is 1. The van der Waals surface area contributed by atoms with Gasteiger partial charge in [-0.2, -0.15) is 0 Å². The summed E-state index contributed by atoms with van der Waals surface area (Å²) in [6.45, 7) is 4.83. The van der Waals surface area contributed by atoms with Crippen LogP contribution in [0.3, 0.4) is 0 Å². The van der Waals surface area contributed by atoms with Gasteiger partial charge in [-0.15, -0.1) is 0 Å². The van der Waals surface area contributed by atoms with Crippen molar-refractivity contribution in [2.45, 2.75) is 6.92 Å². The van der Waals surface area contributed by atoms with Gasteiger partial charge < -0.3 is 19.9 Å². The van der Waals surface area contributed by atoms with Crippen molar-refractivity contribution in [3.05, 3.63) is 72.9 Å². The number of amides is 1. The first-order valence-corrected chi connectivity index (χ1v) is 11.4. The van der Waals surface area contributed by atoms with Crippen LogP contribution in [0.25, 0.3) is 22.0 Å². The molecule has 5 rings (SSSR count). The average molecular weight is 456 g/mol. The summed E-state index contributed by atoms with van der Waals surface area (Å²) in [7, 11) is 1.67. The highest BCUT2D eigenvalue weighted by molar-refractivity contribution is 5.94. The Balaban J connectivity index is 0.00000289. The Kier molecular flexibility index (Phi) is 5.99. The highest BCUT2D eigenvalue weighted by atomic mass is 16.5. The van der Waals surface area contributed by atoms with Crippen LogP contribution in [0.1, 0.15) is 8.35 Å². The molecule has 1 aliphatic rings. The molecule has 1 fully saturated rings. The molecule has 1 N–H and O–H groups in total. The zero-order valence-corrected chi connectivity index (χ0v) is 19.4. The van der Waals surface area contributed by atoms with Gasteiger partial charge in [0.15, 0.2) is 0 Å². The number of nitrogens with one attached hydrogen (secondary N) is 1. The van der Waals surface area contributed by atoms with Crippen molar-refractivity contribution in [2.24, 2.45) is 0 Å². The number of anilines is 3. The largest absolute Gasteiger partial charge is 0.497 e. The summed E-state index contributed by atoms with van der Waals surface area (Å²) in [6, 6.07) is 22.4. The lowest BCUT2D eigenvalue weighted by Crippen LogP contribution is -2.48. The minimum Gasteiger partial charge on any atom is -0.497 e. The van der Waals surface area contributed by atoms with Gasteiger partial charge in [-0.05, 0) is 42.0 Å². The topological polar surface area (TPSA) is 70.6 Å². The Morgan fingerprint density at radius 3 is 2.38 bits per heavy atom. The van der Waals surface area contributed by atoms with Gasteiger partial charge in [0.1, 0.15) is 5.75 Å². The third-order valence-electron chi connectivity index (χ3n) is 6.23. The fraction of sp³-hybridized carbons (Fsp3) is 0.222. The first-order chi connectivity index (χ1) is 16.6. The lowest BCUT2D eigenvalue weighted by Gasteiger charge is -2.35. The molecule has 1 saturated heterocycles. The molecule has 0 bridgehead atoms. The zero-order valence-electron chi connectivity index (χ0n) is 19.4. The summed E-state index contributed by atoms with van der Waals surface area (Å²) in [5.74, 6) is 1.52. The molecule has 4 aromatic rings. The fourth-order valence-corrected chi connectivity index (χ4v) is 4.28. The van der Waals surface area contributed by atoms with Gasteiger partial charge in [0, 0.05) is 63.1 Å². The number of ether oxygens (including phenoxy) is 1. The van der Waals surface area contributed by atoms with Crippen LogP contribution in [-0.2, 0) is 4.79 Å². The number of aromatic nitrogens is 2. The maximum atomic E-state index is 11.6. The van der Waals surface area contributed by atoms with Crippen molar-refractivity contribution in [3.63, 3.8) is 0 Å². The first kappa shape index (κ1) is 21.7. The van der Waals surface area contributed by atoms with Crippen LogP contribution in [0.5, 0.6) is 5.75 Å². The van der Waals surface area contributed by atoms with Crippen LogP contribution in [0.4, 0.5) is 17.3 Å². The van der Waals surface area contributed by atoms with Crippen molar-refractivity contribution in [1.82, 2.24) is 14.9 Å². The summed E-state index contributed by atoms with van der Waals surface area (Å²) in [5, 5.41) is 4.32. The van der Waals surface area contributed by atoms with Crippen molar-refractivity contribution >= 4 is 34.1 Å². The van der Waals surface area contributed by atoms with Gasteiger partial charge in [0.25, 0.3) is 0 Å². The highest BCUT2D eigenvalue weighted by Gasteiger charge is 2.18. The zero-order chi connectivity index (χ0) is 23.5. The van der Waals surface area contributed by atoms with Gasteiger partial charge >= 0.3 is 0 Å². The first-order valence-electron chi connectivity index (χ1n) is 11.4. The van der Waals surface area contributed by atoms with E-state index < -0.39 is 0 Å². The van der Waals surface area contributed by atoms with Gasteiger partial charge in [-0.3, -0.25) is 4.79 Å². The SMILES string of the molecule is COc1ccc(-c2cccc3cnc(Nc4ccc(N5CCN(C(C)=O)CC5)cc4)nc23)cc1.[HH]. The number of nitrogens with zero attached hydrogens (tertiary/aromatic N) is 4. The second kappa shape index (κ2) is 9.39. The number of carbonyl (C=O) groups excluding carboxylic acids is 1. The van der Waals surface area contributed by atoms with Gasteiger partial charge in [0.2, 0.25) is 11.9 Å². The molecule has 1 aromatic heterocycles. The third-order valence-corrected chi connectivity index (χ3v) is 6.23. The number of hydrogen-bond acceptors (Lipinski definition) is 6. The van der Waals surface area contributed by atoms with Crippen molar-refractivity contribution in [2.75, 3.05) is 43.5 Å². The minimum atomic E-state index is 0. The molecule has 0 atom stereocenters.